The molecule has 0 aliphatic carbocycles. The molecule has 116 valence electrons. The summed E-state index contributed by atoms with van der Waals surface area (Å²) in [4.78, 5) is 12.5. The Balaban J connectivity index is 1.82. The van der Waals surface area contributed by atoms with Crippen molar-refractivity contribution in [2.45, 2.75) is 23.8 Å². The van der Waals surface area contributed by atoms with Gasteiger partial charge in [-0.3, -0.25) is 4.79 Å². The molecule has 1 fully saturated rings. The number of benzene rings is 1. The number of nitrogens with one attached hydrogen (secondary N) is 2. The maximum atomic E-state index is 12.0. The maximum Gasteiger partial charge on any atom is 0.238 e. The number of carbonyl (C=O) groups is 1. The van der Waals surface area contributed by atoms with Crippen LogP contribution in [0.1, 0.15) is 12.8 Å². The van der Waals surface area contributed by atoms with Gasteiger partial charge in [0.25, 0.3) is 0 Å². The van der Waals surface area contributed by atoms with Gasteiger partial charge < -0.3 is 11.1 Å². The van der Waals surface area contributed by atoms with Gasteiger partial charge in [0.15, 0.2) is 0 Å². The monoisotopic (exact) mass is 329 g/mol. The number of rotatable bonds is 6. The van der Waals surface area contributed by atoms with E-state index in [-0.39, 0.29) is 11.7 Å². The zero-order valence-electron chi connectivity index (χ0n) is 11.5. The molecule has 0 aromatic heterocycles. The van der Waals surface area contributed by atoms with Crippen molar-refractivity contribution in [3.05, 3.63) is 24.3 Å². The van der Waals surface area contributed by atoms with Crippen LogP contribution < -0.4 is 15.8 Å². The number of nitrogens with two attached hydrogens (primary N) is 1. The minimum absolute atomic E-state index is 0.0315. The largest absolute Gasteiger partial charge is 0.399 e. The van der Waals surface area contributed by atoms with Crippen LogP contribution in [0.25, 0.3) is 0 Å². The molecular weight excluding hydrogens is 310 g/mol. The molecule has 1 saturated heterocycles. The quantitative estimate of drug-likeness (QED) is 0.523. The first-order valence-electron chi connectivity index (χ1n) is 6.72. The lowest BCUT2D eigenvalue weighted by molar-refractivity contribution is -0.124. The number of piperidine rings is 1. The van der Waals surface area contributed by atoms with Gasteiger partial charge in [-0.1, -0.05) is 6.07 Å². The molecule has 1 aliphatic heterocycles. The van der Waals surface area contributed by atoms with E-state index in [0.29, 0.717) is 24.4 Å². The Labute approximate surface area is 128 Å². The summed E-state index contributed by atoms with van der Waals surface area (Å²) in [7, 11) is -3.46. The van der Waals surface area contributed by atoms with Crippen molar-refractivity contribution in [2.24, 2.45) is 0 Å². The fourth-order valence-electron chi connectivity index (χ4n) is 2.03. The molecule has 0 spiro atoms. The van der Waals surface area contributed by atoms with Gasteiger partial charge in [0.05, 0.1) is 5.75 Å². The summed E-state index contributed by atoms with van der Waals surface area (Å²) >= 11 is 1.42. The van der Waals surface area contributed by atoms with Crippen LogP contribution in [0, 0.1) is 0 Å². The molecule has 1 aromatic rings. The maximum absolute atomic E-state index is 12.0. The molecule has 0 bridgehead atoms. The summed E-state index contributed by atoms with van der Waals surface area (Å²) in [6.45, 7) is 0.613. The van der Waals surface area contributed by atoms with Gasteiger partial charge in [0, 0.05) is 22.9 Å². The first kappa shape index (κ1) is 16.1. The van der Waals surface area contributed by atoms with Gasteiger partial charge in [0.1, 0.15) is 6.04 Å². The summed E-state index contributed by atoms with van der Waals surface area (Å²) in [5.41, 5.74) is 6.32. The highest BCUT2D eigenvalue weighted by Crippen LogP contribution is 2.20. The number of amides is 1. The number of thioether (sulfide) groups is 1. The van der Waals surface area contributed by atoms with Crippen LogP contribution in [-0.2, 0) is 14.8 Å². The van der Waals surface area contributed by atoms with E-state index in [1.807, 2.05) is 12.1 Å². The van der Waals surface area contributed by atoms with E-state index < -0.39 is 16.1 Å². The van der Waals surface area contributed by atoms with E-state index in [1.54, 1.807) is 12.1 Å². The molecule has 1 unspecified atom stereocenters. The number of anilines is 1. The predicted molar refractivity (Wildman–Crippen MR) is 84.5 cm³/mol. The van der Waals surface area contributed by atoms with Crippen LogP contribution in [0.4, 0.5) is 5.69 Å². The average Bonchev–Trinajstić information content (AvgIpc) is 2.41. The lowest BCUT2D eigenvalue weighted by Gasteiger charge is -2.22. The summed E-state index contributed by atoms with van der Waals surface area (Å²) in [6.07, 6.45) is 1.34. The van der Waals surface area contributed by atoms with Gasteiger partial charge in [-0.2, -0.15) is 0 Å². The molecule has 2 rings (SSSR count). The van der Waals surface area contributed by atoms with Gasteiger partial charge in [0.2, 0.25) is 15.9 Å². The number of carbonyl (C=O) groups excluding carboxylic acids is 1. The van der Waals surface area contributed by atoms with Gasteiger partial charge in [-0.15, -0.1) is 11.8 Å². The zero-order valence-corrected chi connectivity index (χ0v) is 13.2. The van der Waals surface area contributed by atoms with Crippen LogP contribution in [0.15, 0.2) is 29.2 Å². The Kier molecular flexibility index (Phi) is 5.49. The van der Waals surface area contributed by atoms with Crippen molar-refractivity contribution >= 4 is 33.4 Å². The van der Waals surface area contributed by atoms with E-state index in [0.717, 1.165) is 11.3 Å². The van der Waals surface area contributed by atoms with E-state index >= 15 is 0 Å². The highest BCUT2D eigenvalue weighted by molar-refractivity contribution is 8.00. The molecular formula is C13H19N3O3S2. The molecule has 4 N–H and O–H groups in total. The minimum Gasteiger partial charge on any atom is -0.399 e. The third kappa shape index (κ3) is 5.22. The van der Waals surface area contributed by atoms with Crippen LogP contribution >= 0.6 is 11.8 Å². The molecule has 1 aromatic carbocycles. The summed E-state index contributed by atoms with van der Waals surface area (Å²) in [5, 5.41) is 2.66. The third-order valence-corrected chi connectivity index (χ3v) is 5.73. The Bertz CT molecular complexity index is 604. The molecule has 1 amide bonds. The molecule has 1 aliphatic rings. The minimum atomic E-state index is -3.46. The van der Waals surface area contributed by atoms with Gasteiger partial charge >= 0.3 is 0 Å². The van der Waals surface area contributed by atoms with Crippen molar-refractivity contribution < 1.29 is 13.2 Å². The predicted octanol–water partition coefficient (Wildman–Crippen LogP) is 0.559. The van der Waals surface area contributed by atoms with Crippen LogP contribution in [0.2, 0.25) is 0 Å². The summed E-state index contributed by atoms with van der Waals surface area (Å²) in [5.74, 6) is 0.136. The van der Waals surface area contributed by atoms with Crippen LogP contribution in [0.3, 0.4) is 0 Å². The average molecular weight is 329 g/mol. The lowest BCUT2D eigenvalue weighted by Crippen LogP contribution is -2.50. The SMILES string of the molecule is Nc1cccc(SCCS(=O)(=O)NC2CCCNC2=O)c1. The van der Waals surface area contributed by atoms with Gasteiger partial charge in [-0.05, 0) is 31.0 Å². The second-order valence-electron chi connectivity index (χ2n) is 4.84. The smallest absolute Gasteiger partial charge is 0.238 e. The van der Waals surface area contributed by atoms with E-state index in [9.17, 15) is 13.2 Å². The van der Waals surface area contributed by atoms with E-state index in [4.69, 9.17) is 5.73 Å². The molecule has 0 radical (unpaired) electrons. The van der Waals surface area contributed by atoms with Crippen molar-refractivity contribution in [3.8, 4) is 0 Å². The van der Waals surface area contributed by atoms with Crippen LogP contribution in [-0.4, -0.2) is 38.4 Å². The second kappa shape index (κ2) is 7.15. The summed E-state index contributed by atoms with van der Waals surface area (Å²) < 4.78 is 26.4. The Morgan fingerprint density at radius 2 is 2.24 bits per heavy atom. The highest BCUT2D eigenvalue weighted by Gasteiger charge is 2.26. The van der Waals surface area contributed by atoms with Crippen molar-refractivity contribution in [2.75, 3.05) is 23.8 Å². The first-order valence-corrected chi connectivity index (χ1v) is 9.36. The number of sulfonamides is 1. The normalized spacial score (nSPS) is 19.2. The van der Waals surface area contributed by atoms with Crippen molar-refractivity contribution in [1.82, 2.24) is 10.0 Å². The molecule has 1 atom stereocenters. The first-order chi connectivity index (χ1) is 9.96. The number of hydrogen-bond acceptors (Lipinski definition) is 5. The molecule has 0 saturated carbocycles. The second-order valence-corrected chi connectivity index (χ2v) is 7.89. The fourth-order valence-corrected chi connectivity index (χ4v) is 4.65. The number of nitrogen functional groups attached to an aromatic ring is 1. The van der Waals surface area contributed by atoms with Crippen LogP contribution in [0.5, 0.6) is 0 Å². The van der Waals surface area contributed by atoms with E-state index in [2.05, 4.69) is 10.0 Å². The standard InChI is InChI=1S/C13H19N3O3S2/c14-10-3-1-4-11(9-10)20-7-8-21(18,19)16-12-5-2-6-15-13(12)17/h1,3-4,9,12,16H,2,5-8,14H2,(H,15,17). The highest BCUT2D eigenvalue weighted by atomic mass is 32.2. The fraction of sp³-hybridized carbons (Fsp3) is 0.462. The topological polar surface area (TPSA) is 101 Å². The molecule has 1 heterocycles. The van der Waals surface area contributed by atoms with Crippen molar-refractivity contribution in [1.29, 1.82) is 0 Å². The molecule has 21 heavy (non-hydrogen) atoms. The Morgan fingerprint density at radius 3 is 2.95 bits per heavy atom. The third-order valence-electron chi connectivity index (χ3n) is 3.09. The zero-order chi connectivity index (χ0) is 15.3. The number of hydrogen-bond donors (Lipinski definition) is 3. The molecule has 8 heteroatoms. The van der Waals surface area contributed by atoms with Crippen molar-refractivity contribution in [3.63, 3.8) is 0 Å². The lowest BCUT2D eigenvalue weighted by atomic mass is 10.1. The molecule has 6 nitrogen and oxygen atoms in total. The van der Waals surface area contributed by atoms with E-state index in [1.165, 1.54) is 11.8 Å². The van der Waals surface area contributed by atoms with Gasteiger partial charge in [-0.25, -0.2) is 13.1 Å². The Hall–Kier alpha value is -1.25. The Morgan fingerprint density at radius 1 is 1.43 bits per heavy atom. The summed E-state index contributed by atoms with van der Waals surface area (Å²) in [6, 6.07) is 6.66.